The molecule has 1 aromatic carbocycles. The normalized spacial score (nSPS) is 13.3. The zero-order valence-corrected chi connectivity index (χ0v) is 17.4. The van der Waals surface area contributed by atoms with Crippen LogP contribution in [0.3, 0.4) is 0 Å². The number of amides is 2. The molecule has 0 bridgehead atoms. The van der Waals surface area contributed by atoms with Gasteiger partial charge in [-0.25, -0.2) is 14.4 Å². The highest BCUT2D eigenvalue weighted by molar-refractivity contribution is 6.27. The number of aromatic nitrogens is 1. The zero-order chi connectivity index (χ0) is 22.8. The molecule has 0 spiro atoms. The summed E-state index contributed by atoms with van der Waals surface area (Å²) in [5.74, 6) is -3.48. The number of hydrogen-bond acceptors (Lipinski definition) is 5. The molecule has 1 aliphatic rings. The number of rotatable bonds is 5. The summed E-state index contributed by atoms with van der Waals surface area (Å²) in [6.07, 6.45) is 4.01. The summed E-state index contributed by atoms with van der Waals surface area (Å²) in [6.45, 7) is 4.45. The molecule has 0 radical (unpaired) electrons. The van der Waals surface area contributed by atoms with Crippen LogP contribution in [0.5, 0.6) is 0 Å². The van der Waals surface area contributed by atoms with Crippen molar-refractivity contribution < 1.29 is 34.1 Å². The molecular weight excluding hydrogens is 406 g/mol. The molecule has 1 aromatic heterocycles. The van der Waals surface area contributed by atoms with Crippen LogP contribution >= 0.6 is 0 Å². The summed E-state index contributed by atoms with van der Waals surface area (Å²) < 4.78 is 5.00. The number of carboxylic acids is 2. The van der Waals surface area contributed by atoms with Crippen molar-refractivity contribution in [2.45, 2.75) is 26.2 Å². The lowest BCUT2D eigenvalue weighted by Gasteiger charge is -2.34. The predicted octanol–water partition coefficient (Wildman–Crippen LogP) is 1.95. The molecule has 2 amide bonds. The van der Waals surface area contributed by atoms with Gasteiger partial charge in [-0.05, 0) is 31.4 Å². The number of benzene rings is 1. The van der Waals surface area contributed by atoms with Crippen molar-refractivity contribution in [2.24, 2.45) is 0 Å². The van der Waals surface area contributed by atoms with Gasteiger partial charge in [0, 0.05) is 49.7 Å². The first-order chi connectivity index (χ1) is 14.8. The highest BCUT2D eigenvalue weighted by atomic mass is 16.6. The van der Waals surface area contributed by atoms with Gasteiger partial charge in [-0.2, -0.15) is 0 Å². The van der Waals surface area contributed by atoms with E-state index in [2.05, 4.69) is 17.1 Å². The maximum Gasteiger partial charge on any atom is 0.414 e. The highest BCUT2D eigenvalue weighted by Crippen LogP contribution is 2.19. The molecular formula is C21H27N3O7. The lowest BCUT2D eigenvalue weighted by Crippen LogP contribution is -2.50. The monoisotopic (exact) mass is 433 g/mol. The second kappa shape index (κ2) is 11.6. The van der Waals surface area contributed by atoms with E-state index in [-0.39, 0.29) is 12.0 Å². The van der Waals surface area contributed by atoms with Gasteiger partial charge < -0.3 is 29.7 Å². The number of carbonyl (C=O) groups is 4. The molecule has 2 heterocycles. The van der Waals surface area contributed by atoms with Crippen molar-refractivity contribution in [1.82, 2.24) is 14.8 Å². The summed E-state index contributed by atoms with van der Waals surface area (Å²) >= 11 is 0. The summed E-state index contributed by atoms with van der Waals surface area (Å²) in [5, 5.41) is 16.0. The van der Waals surface area contributed by atoms with Crippen LogP contribution in [-0.4, -0.2) is 81.7 Å². The van der Waals surface area contributed by atoms with Crippen molar-refractivity contribution in [3.8, 4) is 0 Å². The summed E-state index contributed by atoms with van der Waals surface area (Å²) in [7, 11) is 0. The maximum absolute atomic E-state index is 12.4. The summed E-state index contributed by atoms with van der Waals surface area (Å²) in [6, 6.07) is 8.22. The Balaban J connectivity index is 0.000000501. The van der Waals surface area contributed by atoms with Crippen LogP contribution in [0, 0.1) is 0 Å². The Morgan fingerprint density at radius 2 is 1.61 bits per heavy atom. The van der Waals surface area contributed by atoms with Crippen molar-refractivity contribution in [3.05, 3.63) is 36.0 Å². The number of aryl methyl sites for hydroxylation is 1. The number of nitrogens with one attached hydrogen (secondary N) is 1. The minimum Gasteiger partial charge on any atom is -0.473 e. The minimum atomic E-state index is -1.82. The molecule has 3 rings (SSSR count). The molecule has 168 valence electrons. The number of fused-ring (bicyclic) bond motifs is 1. The SMILES string of the molecule is CCOC(=O)N1CCN(C(=O)CCCc2c[nH]c3ccccc23)CC1.O=C(O)C(=O)O. The lowest BCUT2D eigenvalue weighted by molar-refractivity contribution is -0.159. The quantitative estimate of drug-likeness (QED) is 0.612. The topological polar surface area (TPSA) is 140 Å². The molecule has 1 saturated heterocycles. The van der Waals surface area contributed by atoms with E-state index in [4.69, 9.17) is 24.5 Å². The Labute approximate surface area is 179 Å². The minimum absolute atomic E-state index is 0.170. The fourth-order valence-corrected chi connectivity index (χ4v) is 3.28. The molecule has 10 nitrogen and oxygen atoms in total. The Morgan fingerprint density at radius 3 is 2.23 bits per heavy atom. The smallest absolute Gasteiger partial charge is 0.414 e. The van der Waals surface area contributed by atoms with Gasteiger partial charge in [-0.3, -0.25) is 4.79 Å². The molecule has 10 heteroatoms. The van der Waals surface area contributed by atoms with E-state index in [1.54, 1.807) is 11.8 Å². The first kappa shape index (κ1) is 23.7. The molecule has 0 aliphatic carbocycles. The van der Waals surface area contributed by atoms with Crippen LogP contribution in [0.15, 0.2) is 30.5 Å². The van der Waals surface area contributed by atoms with Crippen molar-refractivity contribution >= 4 is 34.8 Å². The fraction of sp³-hybridized carbons (Fsp3) is 0.429. The van der Waals surface area contributed by atoms with Crippen LogP contribution < -0.4 is 0 Å². The van der Waals surface area contributed by atoms with Gasteiger partial charge in [0.25, 0.3) is 0 Å². The van der Waals surface area contributed by atoms with Gasteiger partial charge in [-0.1, -0.05) is 18.2 Å². The van der Waals surface area contributed by atoms with Crippen molar-refractivity contribution in [1.29, 1.82) is 0 Å². The number of carbonyl (C=O) groups excluding carboxylic acids is 2. The van der Waals surface area contributed by atoms with Crippen molar-refractivity contribution in [3.63, 3.8) is 0 Å². The van der Waals surface area contributed by atoms with E-state index in [1.165, 1.54) is 10.9 Å². The number of ether oxygens (including phenoxy) is 1. The average Bonchev–Trinajstić information content (AvgIpc) is 3.17. The number of carboxylic acid groups (broad SMARTS) is 2. The molecule has 3 N–H and O–H groups in total. The number of piperazine rings is 1. The van der Waals surface area contributed by atoms with Gasteiger partial charge in [-0.15, -0.1) is 0 Å². The van der Waals surface area contributed by atoms with Crippen molar-refractivity contribution in [2.75, 3.05) is 32.8 Å². The van der Waals surface area contributed by atoms with Crippen LogP contribution in [0.25, 0.3) is 10.9 Å². The number of para-hydroxylation sites is 1. The van der Waals surface area contributed by atoms with Gasteiger partial charge in [0.05, 0.1) is 6.61 Å². The van der Waals surface area contributed by atoms with E-state index in [0.717, 1.165) is 18.4 Å². The lowest BCUT2D eigenvalue weighted by atomic mass is 10.1. The van der Waals surface area contributed by atoms with E-state index < -0.39 is 11.9 Å². The van der Waals surface area contributed by atoms with E-state index in [0.29, 0.717) is 39.2 Å². The Kier molecular flexibility index (Phi) is 8.86. The standard InChI is InChI=1S/C19H25N3O3.C2H2O4/c1-2-25-19(24)22-12-10-21(11-13-22)18(23)9-5-6-15-14-20-17-8-4-3-7-16(15)17;3-1(4)2(5)6/h3-4,7-8,14,20H,2,5-6,9-13H2,1H3;(H,3,4)(H,5,6). The van der Waals surface area contributed by atoms with Gasteiger partial charge in [0.15, 0.2) is 0 Å². The zero-order valence-electron chi connectivity index (χ0n) is 17.4. The fourth-order valence-electron chi connectivity index (χ4n) is 3.28. The Bertz CT molecular complexity index is 905. The Hall–Kier alpha value is -3.56. The number of aliphatic carboxylic acids is 2. The van der Waals surface area contributed by atoms with Crippen LogP contribution in [-0.2, 0) is 25.5 Å². The molecule has 0 saturated carbocycles. The summed E-state index contributed by atoms with van der Waals surface area (Å²) in [5.41, 5.74) is 2.40. The number of nitrogens with zero attached hydrogens (tertiary/aromatic N) is 2. The predicted molar refractivity (Wildman–Crippen MR) is 112 cm³/mol. The molecule has 31 heavy (non-hydrogen) atoms. The van der Waals surface area contributed by atoms with E-state index in [1.807, 2.05) is 23.2 Å². The summed E-state index contributed by atoms with van der Waals surface area (Å²) in [4.78, 5) is 49.0. The van der Waals surface area contributed by atoms with Crippen LogP contribution in [0.4, 0.5) is 4.79 Å². The largest absolute Gasteiger partial charge is 0.473 e. The second-order valence-electron chi connectivity index (χ2n) is 6.89. The number of aromatic amines is 1. The highest BCUT2D eigenvalue weighted by Gasteiger charge is 2.24. The van der Waals surface area contributed by atoms with Gasteiger partial charge in [0.1, 0.15) is 0 Å². The Morgan fingerprint density at radius 1 is 1.00 bits per heavy atom. The molecule has 1 aliphatic heterocycles. The molecule has 1 fully saturated rings. The van der Waals surface area contributed by atoms with Crippen LogP contribution in [0.1, 0.15) is 25.3 Å². The van der Waals surface area contributed by atoms with Gasteiger partial charge in [0.2, 0.25) is 5.91 Å². The third kappa shape index (κ3) is 7.02. The third-order valence-corrected chi connectivity index (χ3v) is 4.85. The number of hydrogen-bond donors (Lipinski definition) is 3. The van der Waals surface area contributed by atoms with Gasteiger partial charge >= 0.3 is 18.0 Å². The second-order valence-corrected chi connectivity index (χ2v) is 6.89. The molecule has 0 unspecified atom stereocenters. The van der Waals surface area contributed by atoms with E-state index >= 15 is 0 Å². The molecule has 0 atom stereocenters. The molecule has 2 aromatic rings. The number of H-pyrrole nitrogens is 1. The first-order valence-electron chi connectivity index (χ1n) is 10.0. The average molecular weight is 433 g/mol. The van der Waals surface area contributed by atoms with Crippen LogP contribution in [0.2, 0.25) is 0 Å². The maximum atomic E-state index is 12.4. The van der Waals surface area contributed by atoms with E-state index in [9.17, 15) is 9.59 Å². The first-order valence-corrected chi connectivity index (χ1v) is 10.0. The third-order valence-electron chi connectivity index (χ3n) is 4.85.